The minimum atomic E-state index is -0.706. The van der Waals surface area contributed by atoms with Gasteiger partial charge in [0, 0.05) is 32.6 Å². The summed E-state index contributed by atoms with van der Waals surface area (Å²) in [7, 11) is 1.44. The van der Waals surface area contributed by atoms with E-state index < -0.39 is 11.7 Å². The molecule has 30 heavy (non-hydrogen) atoms. The lowest BCUT2D eigenvalue weighted by atomic mass is 9.63. The molecule has 2 aliphatic rings. The first kappa shape index (κ1) is 21.9. The Bertz CT molecular complexity index is 809. The van der Waals surface area contributed by atoms with Crippen LogP contribution in [0.25, 0.3) is 0 Å². The molecule has 3 rings (SSSR count). The van der Waals surface area contributed by atoms with Gasteiger partial charge in [0.15, 0.2) is 0 Å². The Morgan fingerprint density at radius 1 is 1.23 bits per heavy atom. The zero-order chi connectivity index (χ0) is 21.6. The van der Waals surface area contributed by atoms with Crippen LogP contribution in [0.1, 0.15) is 48.9 Å². The van der Waals surface area contributed by atoms with Crippen LogP contribution in [0.5, 0.6) is 5.75 Å². The van der Waals surface area contributed by atoms with Crippen LogP contribution in [0.2, 0.25) is 0 Å². The average Bonchev–Trinajstić information content (AvgIpc) is 2.72. The smallest absolute Gasteiger partial charge is 0.409 e. The normalized spacial score (nSPS) is 17.0. The van der Waals surface area contributed by atoms with Gasteiger partial charge in [-0.15, -0.1) is 0 Å². The molecule has 0 aromatic heterocycles. The Morgan fingerprint density at radius 2 is 1.97 bits per heavy atom. The number of rotatable bonds is 7. The van der Waals surface area contributed by atoms with Gasteiger partial charge in [-0.05, 0) is 43.2 Å². The number of carbonyl (C=O) groups is 2. The molecule has 1 aliphatic heterocycles. The zero-order valence-corrected chi connectivity index (χ0v) is 17.4. The van der Waals surface area contributed by atoms with E-state index >= 15 is 0 Å². The van der Waals surface area contributed by atoms with Gasteiger partial charge in [0.2, 0.25) is 0 Å². The Balaban J connectivity index is 1.35. The molecule has 1 aromatic carbocycles. The van der Waals surface area contributed by atoms with E-state index in [-0.39, 0.29) is 31.4 Å². The first-order chi connectivity index (χ1) is 14.4. The monoisotopic (exact) mass is 417 g/mol. The summed E-state index contributed by atoms with van der Waals surface area (Å²) >= 11 is 0. The molecule has 0 radical (unpaired) electrons. The van der Waals surface area contributed by atoms with Crippen molar-refractivity contribution in [2.45, 2.75) is 38.5 Å². The maximum atomic E-state index is 14.2. The van der Waals surface area contributed by atoms with Crippen LogP contribution < -0.4 is 4.74 Å². The number of carbonyl (C=O) groups excluding carboxylic acids is 2. The van der Waals surface area contributed by atoms with Crippen molar-refractivity contribution < 1.29 is 23.5 Å². The number of halogens is 1. The van der Waals surface area contributed by atoms with E-state index in [1.165, 1.54) is 38.4 Å². The van der Waals surface area contributed by atoms with Crippen molar-refractivity contribution in [1.29, 1.82) is 5.26 Å². The fraction of sp³-hybridized carbons (Fsp3) is 0.591. The number of nitrogens with zero attached hydrogens (tertiary/aromatic N) is 3. The second-order valence-corrected chi connectivity index (χ2v) is 8.12. The van der Waals surface area contributed by atoms with Gasteiger partial charge in [0.1, 0.15) is 18.1 Å². The Hall–Kier alpha value is -2.82. The molecule has 162 valence electrons. The number of amides is 2. The van der Waals surface area contributed by atoms with Gasteiger partial charge in [-0.25, -0.2) is 9.18 Å². The fourth-order valence-electron chi connectivity index (χ4n) is 3.98. The number of likely N-dealkylation sites (tertiary alicyclic amines) is 1. The summed E-state index contributed by atoms with van der Waals surface area (Å²) in [6.45, 7) is 1.91. The van der Waals surface area contributed by atoms with Gasteiger partial charge in [-0.2, -0.15) is 5.26 Å². The number of piperidine rings is 1. The van der Waals surface area contributed by atoms with Crippen LogP contribution in [0.4, 0.5) is 9.18 Å². The van der Waals surface area contributed by atoms with Crippen LogP contribution in [0.3, 0.4) is 0 Å². The summed E-state index contributed by atoms with van der Waals surface area (Å²) < 4.78 is 25.0. The fourth-order valence-corrected chi connectivity index (χ4v) is 3.98. The van der Waals surface area contributed by atoms with Crippen molar-refractivity contribution >= 4 is 12.0 Å². The van der Waals surface area contributed by atoms with Crippen molar-refractivity contribution in [1.82, 2.24) is 9.80 Å². The maximum absolute atomic E-state index is 14.2. The minimum absolute atomic E-state index is 0.112. The van der Waals surface area contributed by atoms with Gasteiger partial charge < -0.3 is 19.3 Å². The highest BCUT2D eigenvalue weighted by Crippen LogP contribution is 2.48. The molecule has 2 fully saturated rings. The molecule has 2 amide bonds. The van der Waals surface area contributed by atoms with Crippen LogP contribution in [0, 0.1) is 22.6 Å². The molecule has 0 N–H and O–H groups in total. The van der Waals surface area contributed by atoms with Gasteiger partial charge >= 0.3 is 6.09 Å². The topological polar surface area (TPSA) is 82.9 Å². The van der Waals surface area contributed by atoms with Crippen molar-refractivity contribution in [3.63, 3.8) is 0 Å². The Labute approximate surface area is 176 Å². The predicted molar refractivity (Wildman–Crippen MR) is 108 cm³/mol. The summed E-state index contributed by atoms with van der Waals surface area (Å²) in [6.07, 6.45) is 6.24. The van der Waals surface area contributed by atoms with Crippen molar-refractivity contribution in [3.8, 4) is 11.8 Å². The third kappa shape index (κ3) is 5.21. The number of hydrogen-bond donors (Lipinski definition) is 0. The minimum Gasteiger partial charge on any atom is -0.493 e. The van der Waals surface area contributed by atoms with E-state index in [4.69, 9.17) is 14.7 Å². The van der Waals surface area contributed by atoms with Crippen LogP contribution in [-0.4, -0.2) is 61.7 Å². The molecule has 8 heteroatoms. The van der Waals surface area contributed by atoms with Crippen LogP contribution in [0.15, 0.2) is 18.2 Å². The highest BCUT2D eigenvalue weighted by atomic mass is 19.1. The first-order valence-electron chi connectivity index (χ1n) is 10.4. The van der Waals surface area contributed by atoms with Gasteiger partial charge in [0.25, 0.3) is 5.91 Å². The largest absolute Gasteiger partial charge is 0.493 e. The molecule has 1 aliphatic carbocycles. The van der Waals surface area contributed by atoms with E-state index in [9.17, 15) is 14.0 Å². The molecule has 0 atom stereocenters. The highest BCUT2D eigenvalue weighted by Gasteiger charge is 2.40. The molecule has 1 aromatic rings. The summed E-state index contributed by atoms with van der Waals surface area (Å²) in [5.41, 5.74) is 0.379. The Morgan fingerprint density at radius 3 is 2.57 bits per heavy atom. The lowest BCUT2D eigenvalue weighted by Crippen LogP contribution is -2.46. The van der Waals surface area contributed by atoms with Gasteiger partial charge in [-0.3, -0.25) is 4.79 Å². The SMILES string of the molecule is CN(CC#N)C(=O)c1ccc(OCCCOC(=O)N2CCC3(CCC3)CC2)cc1F. The van der Waals surface area contributed by atoms with Crippen molar-refractivity contribution in [2.24, 2.45) is 5.41 Å². The van der Waals surface area contributed by atoms with E-state index in [0.29, 0.717) is 17.6 Å². The number of ether oxygens (including phenoxy) is 2. The number of benzene rings is 1. The lowest BCUT2D eigenvalue weighted by molar-refractivity contribution is 0.0247. The highest BCUT2D eigenvalue weighted by molar-refractivity contribution is 5.94. The van der Waals surface area contributed by atoms with Crippen molar-refractivity contribution in [3.05, 3.63) is 29.6 Å². The number of nitriles is 1. The molecule has 1 spiro atoms. The molecular weight excluding hydrogens is 389 g/mol. The van der Waals surface area contributed by atoms with Crippen LogP contribution in [-0.2, 0) is 4.74 Å². The molecule has 1 heterocycles. The zero-order valence-electron chi connectivity index (χ0n) is 17.4. The van der Waals surface area contributed by atoms with Crippen LogP contribution >= 0.6 is 0 Å². The molecular formula is C22H28FN3O4. The lowest BCUT2D eigenvalue weighted by Gasteiger charge is -2.47. The third-order valence-corrected chi connectivity index (χ3v) is 6.10. The van der Waals surface area contributed by atoms with E-state index in [0.717, 1.165) is 36.9 Å². The average molecular weight is 417 g/mol. The van der Waals surface area contributed by atoms with Crippen molar-refractivity contribution in [2.75, 3.05) is 39.9 Å². The van der Waals surface area contributed by atoms with E-state index in [1.807, 2.05) is 6.07 Å². The van der Waals surface area contributed by atoms with Gasteiger partial charge in [0.05, 0.1) is 24.8 Å². The Kier molecular flexibility index (Phi) is 7.14. The van der Waals surface area contributed by atoms with E-state index in [2.05, 4.69) is 0 Å². The third-order valence-electron chi connectivity index (χ3n) is 6.10. The standard InChI is InChI=1S/C22H28FN3O4/c1-25(13-10-24)20(27)18-5-4-17(16-19(18)23)29-14-3-15-30-21(28)26-11-8-22(9-12-26)6-2-7-22/h4-5,16H,2-3,6-9,11-15H2,1H3. The first-order valence-corrected chi connectivity index (χ1v) is 10.4. The molecule has 1 saturated heterocycles. The quantitative estimate of drug-likeness (QED) is 0.500. The summed E-state index contributed by atoms with van der Waals surface area (Å²) in [5.74, 6) is -0.975. The maximum Gasteiger partial charge on any atom is 0.409 e. The molecule has 0 unspecified atom stereocenters. The molecule has 0 bridgehead atoms. The van der Waals surface area contributed by atoms with E-state index in [1.54, 1.807) is 4.90 Å². The second kappa shape index (κ2) is 9.79. The summed E-state index contributed by atoms with van der Waals surface area (Å²) in [4.78, 5) is 27.1. The second-order valence-electron chi connectivity index (χ2n) is 8.12. The summed E-state index contributed by atoms with van der Waals surface area (Å²) in [6, 6.07) is 5.83. The molecule has 7 nitrogen and oxygen atoms in total. The molecule has 1 saturated carbocycles. The van der Waals surface area contributed by atoms with Gasteiger partial charge in [-0.1, -0.05) is 6.42 Å². The number of hydrogen-bond acceptors (Lipinski definition) is 5. The summed E-state index contributed by atoms with van der Waals surface area (Å²) in [5, 5.41) is 8.64. The predicted octanol–water partition coefficient (Wildman–Crippen LogP) is 3.59.